The van der Waals surface area contributed by atoms with Crippen molar-refractivity contribution in [3.05, 3.63) is 0 Å². The van der Waals surface area contributed by atoms with Crippen molar-refractivity contribution in [3.8, 4) is 0 Å². The van der Waals surface area contributed by atoms with E-state index in [-0.39, 0.29) is 0 Å². The van der Waals surface area contributed by atoms with E-state index in [1.54, 1.807) is 0 Å². The summed E-state index contributed by atoms with van der Waals surface area (Å²) in [6.07, 6.45) is 0. The summed E-state index contributed by atoms with van der Waals surface area (Å²) in [5.41, 5.74) is 0. The summed E-state index contributed by atoms with van der Waals surface area (Å²) >= 11 is 9.03. The van der Waals surface area contributed by atoms with Gasteiger partial charge in [0.15, 0.2) is 0 Å². The zero-order valence-corrected chi connectivity index (χ0v) is 8.55. The lowest BCUT2D eigenvalue weighted by molar-refractivity contribution is 1.42. The molecule has 0 spiro atoms. The Bertz CT molecular complexity index is 65.4. The van der Waals surface area contributed by atoms with E-state index in [2.05, 4.69) is 29.5 Å². The first-order valence-corrected chi connectivity index (χ1v) is 5.35. The minimum atomic E-state index is 0.576. The molecule has 0 fully saturated rings. The number of thioether (sulfide) groups is 1. The Labute approximate surface area is 73.9 Å². The summed E-state index contributed by atoms with van der Waals surface area (Å²) < 4.78 is 0.576. The fourth-order valence-corrected chi connectivity index (χ4v) is 1.81. The van der Waals surface area contributed by atoms with Crippen LogP contribution in [0.15, 0.2) is 0 Å². The number of rotatable bonds is 4. The van der Waals surface area contributed by atoms with E-state index < -0.39 is 0 Å². The van der Waals surface area contributed by atoms with Gasteiger partial charge in [-0.15, -0.1) is 0 Å². The Kier molecular flexibility index (Phi) is 7.21. The van der Waals surface area contributed by atoms with Crippen LogP contribution in [0.2, 0.25) is 0 Å². The van der Waals surface area contributed by atoms with Crippen LogP contribution in [0.1, 0.15) is 6.92 Å². The Balaban J connectivity index is 2.98. The van der Waals surface area contributed by atoms with Gasteiger partial charge < -0.3 is 0 Å². The molecule has 0 aliphatic carbocycles. The molecule has 0 nitrogen and oxygen atoms in total. The molecule has 48 valence electrons. The molecule has 0 saturated carbocycles. The highest BCUT2D eigenvalue weighted by molar-refractivity contribution is 14.1. The topological polar surface area (TPSA) is 0 Å². The van der Waals surface area contributed by atoms with Crippen molar-refractivity contribution >= 4 is 51.9 Å². The number of hydrogen-bond acceptors (Lipinski definition) is 2. The maximum absolute atomic E-state index is 4.74. The van der Waals surface area contributed by atoms with Gasteiger partial charge in [-0.2, -0.15) is 11.8 Å². The molecule has 0 aliphatic rings. The van der Waals surface area contributed by atoms with Crippen LogP contribution < -0.4 is 0 Å². The highest BCUT2D eigenvalue weighted by Gasteiger charge is 1.95. The molecule has 0 aromatic rings. The van der Waals surface area contributed by atoms with E-state index in [9.17, 15) is 0 Å². The van der Waals surface area contributed by atoms with Gasteiger partial charge in [0.2, 0.25) is 0 Å². The van der Waals surface area contributed by atoms with E-state index in [0.29, 0.717) is 3.92 Å². The third-order valence-electron chi connectivity index (χ3n) is 0.629. The second-order valence-electron chi connectivity index (χ2n) is 1.31. The minimum absolute atomic E-state index is 0.576. The van der Waals surface area contributed by atoms with Crippen LogP contribution in [0.25, 0.3) is 0 Å². The van der Waals surface area contributed by atoms with E-state index in [4.69, 9.17) is 12.2 Å². The third kappa shape index (κ3) is 5.31. The van der Waals surface area contributed by atoms with Gasteiger partial charge in [-0.05, 0) is 11.1 Å². The molecule has 0 heterocycles. The zero-order chi connectivity index (χ0) is 6.41. The molecule has 0 aromatic heterocycles. The van der Waals surface area contributed by atoms with E-state index in [1.807, 2.05) is 17.1 Å². The van der Waals surface area contributed by atoms with Crippen LogP contribution >= 0.6 is 46.6 Å². The number of thiocarbonyl (C=S) groups is 1. The molecule has 0 amide bonds. The monoisotopic (exact) mass is 260 g/mol. The van der Waals surface area contributed by atoms with Gasteiger partial charge in [0.25, 0.3) is 0 Å². The molecule has 0 radical (unpaired) electrons. The summed E-state index contributed by atoms with van der Waals surface area (Å²) in [5.74, 6) is 2.36. The SMILES string of the molecule is CCSCC(I)C=S. The van der Waals surface area contributed by atoms with Crippen LogP contribution in [0, 0.1) is 0 Å². The summed E-state index contributed by atoms with van der Waals surface area (Å²) in [4.78, 5) is 0. The van der Waals surface area contributed by atoms with E-state index in [1.165, 1.54) is 11.5 Å². The van der Waals surface area contributed by atoms with Crippen molar-refractivity contribution in [3.63, 3.8) is 0 Å². The molecule has 1 atom stereocenters. The number of hydrogen-bond donors (Lipinski definition) is 0. The van der Waals surface area contributed by atoms with Crippen molar-refractivity contribution in [2.75, 3.05) is 11.5 Å². The highest BCUT2D eigenvalue weighted by atomic mass is 127. The standard InChI is InChI=1S/C5H9IS2/c1-2-8-4-5(6)3-7/h3,5H,2,4H2,1H3. The Morgan fingerprint density at radius 1 is 1.88 bits per heavy atom. The van der Waals surface area contributed by atoms with Gasteiger partial charge >= 0.3 is 0 Å². The minimum Gasteiger partial charge on any atom is -0.161 e. The lowest BCUT2D eigenvalue weighted by Gasteiger charge is -1.98. The molecule has 0 aromatic carbocycles. The lowest BCUT2D eigenvalue weighted by Crippen LogP contribution is -2.00. The van der Waals surface area contributed by atoms with Crippen molar-refractivity contribution in [1.29, 1.82) is 0 Å². The quantitative estimate of drug-likeness (QED) is 0.433. The van der Waals surface area contributed by atoms with Crippen LogP contribution in [-0.2, 0) is 0 Å². The maximum Gasteiger partial charge on any atom is 0.0483 e. The van der Waals surface area contributed by atoms with Gasteiger partial charge in [0, 0.05) is 9.68 Å². The van der Waals surface area contributed by atoms with Gasteiger partial charge in [-0.3, -0.25) is 0 Å². The van der Waals surface area contributed by atoms with Gasteiger partial charge in [0.05, 0.1) is 0 Å². The lowest BCUT2D eigenvalue weighted by atomic mass is 10.6. The Morgan fingerprint density at radius 3 is 2.88 bits per heavy atom. The fraction of sp³-hybridized carbons (Fsp3) is 0.800. The Hall–Kier alpha value is 1.17. The Morgan fingerprint density at radius 2 is 2.50 bits per heavy atom. The van der Waals surface area contributed by atoms with Gasteiger partial charge in [-0.25, -0.2) is 0 Å². The second-order valence-corrected chi connectivity index (χ2v) is 4.50. The maximum atomic E-state index is 4.74. The normalized spacial score (nSPS) is 13.2. The molecule has 0 N–H and O–H groups in total. The van der Waals surface area contributed by atoms with E-state index in [0.717, 1.165) is 0 Å². The fourth-order valence-electron chi connectivity index (χ4n) is 0.270. The number of alkyl halides is 1. The summed E-state index contributed by atoms with van der Waals surface area (Å²) in [5, 5.41) is 1.82. The zero-order valence-electron chi connectivity index (χ0n) is 4.76. The first-order chi connectivity index (χ1) is 3.81. The third-order valence-corrected chi connectivity index (χ3v) is 3.85. The predicted molar refractivity (Wildman–Crippen MR) is 54.5 cm³/mol. The summed E-state index contributed by atoms with van der Waals surface area (Å²) in [6.45, 7) is 2.16. The molecule has 0 bridgehead atoms. The van der Waals surface area contributed by atoms with Crippen LogP contribution in [0.5, 0.6) is 0 Å². The molecule has 8 heavy (non-hydrogen) atoms. The molecular formula is C5H9IS2. The van der Waals surface area contributed by atoms with Crippen molar-refractivity contribution in [2.45, 2.75) is 10.8 Å². The van der Waals surface area contributed by atoms with E-state index >= 15 is 0 Å². The first kappa shape index (κ1) is 9.17. The molecule has 0 aliphatic heterocycles. The van der Waals surface area contributed by atoms with Crippen LogP contribution in [0.4, 0.5) is 0 Å². The summed E-state index contributed by atoms with van der Waals surface area (Å²) in [6, 6.07) is 0. The first-order valence-electron chi connectivity index (χ1n) is 2.48. The molecule has 3 heteroatoms. The van der Waals surface area contributed by atoms with Gasteiger partial charge in [-0.1, -0.05) is 41.7 Å². The largest absolute Gasteiger partial charge is 0.161 e. The molecule has 0 saturated heterocycles. The smallest absolute Gasteiger partial charge is 0.0483 e. The van der Waals surface area contributed by atoms with Crippen LogP contribution in [-0.4, -0.2) is 20.8 Å². The molecular weight excluding hydrogens is 251 g/mol. The number of halogens is 1. The highest BCUT2D eigenvalue weighted by Crippen LogP contribution is 2.07. The predicted octanol–water partition coefficient (Wildman–Crippen LogP) is 2.54. The molecule has 1 unspecified atom stereocenters. The second kappa shape index (κ2) is 6.29. The van der Waals surface area contributed by atoms with Gasteiger partial charge in [0.1, 0.15) is 0 Å². The average molecular weight is 260 g/mol. The molecule has 0 rings (SSSR count). The summed E-state index contributed by atoms with van der Waals surface area (Å²) in [7, 11) is 0. The van der Waals surface area contributed by atoms with Crippen molar-refractivity contribution in [1.82, 2.24) is 0 Å². The average Bonchev–Trinajstić information content (AvgIpc) is 1.83. The van der Waals surface area contributed by atoms with Crippen molar-refractivity contribution in [2.24, 2.45) is 0 Å². The van der Waals surface area contributed by atoms with Crippen LogP contribution in [0.3, 0.4) is 0 Å². The van der Waals surface area contributed by atoms with Crippen molar-refractivity contribution < 1.29 is 0 Å².